The molecule has 3 nitrogen and oxygen atoms in total. The van der Waals surface area contributed by atoms with Gasteiger partial charge in [-0.2, -0.15) is 0 Å². The Kier molecular flexibility index (Phi) is 6.03. The number of hydrogen-bond donors (Lipinski definition) is 0. The van der Waals surface area contributed by atoms with Gasteiger partial charge >= 0.3 is 0 Å². The molecule has 0 bridgehead atoms. The lowest BCUT2D eigenvalue weighted by Crippen LogP contribution is -2.44. The lowest BCUT2D eigenvalue weighted by Gasteiger charge is -2.42. The molecule has 4 rings (SSSR count). The van der Waals surface area contributed by atoms with Crippen LogP contribution in [0, 0.1) is 0 Å². The number of likely N-dealkylation sites (tertiary alicyclic amines) is 1. The summed E-state index contributed by atoms with van der Waals surface area (Å²) in [6.07, 6.45) is 1.23. The third kappa shape index (κ3) is 4.33. The largest absolute Gasteiger partial charge is 0.284 e. The Morgan fingerprint density at radius 3 is 1.87 bits per heavy atom. The lowest BCUT2D eigenvalue weighted by atomic mass is 9.92. The van der Waals surface area contributed by atoms with Gasteiger partial charge in [-0.25, -0.2) is 8.42 Å². The van der Waals surface area contributed by atoms with Gasteiger partial charge < -0.3 is 0 Å². The third-order valence-electron chi connectivity index (χ3n) is 5.25. The van der Waals surface area contributed by atoms with Crippen LogP contribution >= 0.6 is 23.2 Å². The second-order valence-electron chi connectivity index (χ2n) is 7.46. The topological polar surface area (TPSA) is 37.4 Å². The van der Waals surface area contributed by atoms with Crippen molar-refractivity contribution >= 4 is 37.9 Å². The normalized spacial score (nSPS) is 14.6. The Hall–Kier alpha value is -2.11. The van der Waals surface area contributed by atoms with Gasteiger partial charge in [-0.15, -0.1) is 0 Å². The zero-order valence-corrected chi connectivity index (χ0v) is 18.8. The molecule has 154 valence electrons. The van der Waals surface area contributed by atoms with E-state index in [0.717, 1.165) is 5.57 Å². The number of rotatable bonds is 5. The van der Waals surface area contributed by atoms with Crippen LogP contribution in [-0.4, -0.2) is 32.7 Å². The predicted octanol–water partition coefficient (Wildman–Crippen LogP) is 5.85. The summed E-state index contributed by atoms with van der Waals surface area (Å²) in [4.78, 5) is 2.58. The zero-order valence-electron chi connectivity index (χ0n) is 16.4. The van der Waals surface area contributed by atoms with E-state index in [-0.39, 0.29) is 6.04 Å². The molecule has 3 aromatic rings. The molecule has 30 heavy (non-hydrogen) atoms. The molecule has 0 aromatic heterocycles. The van der Waals surface area contributed by atoms with E-state index < -0.39 is 9.84 Å². The first-order valence-corrected chi connectivity index (χ1v) is 12.2. The first kappa shape index (κ1) is 21.1. The van der Waals surface area contributed by atoms with Crippen molar-refractivity contribution in [3.05, 3.63) is 111 Å². The fourth-order valence-corrected chi connectivity index (χ4v) is 5.77. The fraction of sp³-hybridized carbons (Fsp3) is 0.167. The molecule has 3 aromatic carbocycles. The maximum atomic E-state index is 12.7. The molecule has 0 atom stereocenters. The van der Waals surface area contributed by atoms with Gasteiger partial charge in [0.05, 0.1) is 16.0 Å². The van der Waals surface area contributed by atoms with Gasteiger partial charge in [0.2, 0.25) is 0 Å². The molecule has 1 saturated heterocycles. The van der Waals surface area contributed by atoms with Gasteiger partial charge in [-0.1, -0.05) is 89.9 Å². The summed E-state index contributed by atoms with van der Waals surface area (Å²) < 4.78 is 25.3. The second kappa shape index (κ2) is 8.56. The number of nitrogens with zero attached hydrogens (tertiary/aromatic N) is 1. The summed E-state index contributed by atoms with van der Waals surface area (Å²) in [6.45, 7) is 1.10. The highest BCUT2D eigenvalue weighted by Gasteiger charge is 2.35. The molecule has 0 radical (unpaired) electrons. The van der Waals surface area contributed by atoms with Crippen molar-refractivity contribution in [1.29, 1.82) is 0 Å². The summed E-state index contributed by atoms with van der Waals surface area (Å²) in [5.41, 5.74) is 3.72. The molecule has 0 amide bonds. The van der Waals surface area contributed by atoms with E-state index in [1.165, 1.54) is 17.4 Å². The molecule has 0 unspecified atom stereocenters. The van der Waals surface area contributed by atoms with Crippen LogP contribution in [0.1, 0.15) is 22.7 Å². The van der Waals surface area contributed by atoms with E-state index in [1.54, 1.807) is 18.2 Å². The average Bonchev–Trinajstić information content (AvgIpc) is 2.68. The number of benzene rings is 3. The van der Waals surface area contributed by atoms with Crippen LogP contribution in [0.4, 0.5) is 0 Å². The first-order valence-electron chi connectivity index (χ1n) is 9.56. The average molecular weight is 458 g/mol. The highest BCUT2D eigenvalue weighted by atomic mass is 35.5. The Labute approximate surface area is 187 Å². The van der Waals surface area contributed by atoms with Crippen molar-refractivity contribution in [2.45, 2.75) is 6.04 Å². The maximum Gasteiger partial charge on any atom is 0.176 e. The fourth-order valence-electron chi connectivity index (χ4n) is 3.98. The van der Waals surface area contributed by atoms with Gasteiger partial charge in [0, 0.05) is 29.9 Å². The minimum atomic E-state index is -3.47. The summed E-state index contributed by atoms with van der Waals surface area (Å²) in [5.74, 6) is 0. The smallest absolute Gasteiger partial charge is 0.176 e. The Morgan fingerprint density at radius 1 is 0.867 bits per heavy atom. The standard InChI is InChI=1S/C24H21Cl2NO2S/c1-30(28,29)24(21-13-12-20(25)14-22(21)26)19-15-27(16-19)23(17-8-4-2-5-9-17)18-10-6-3-7-11-18/h2-14,23H,15-16H2,1H3. The van der Waals surface area contributed by atoms with Crippen LogP contribution in [-0.2, 0) is 9.84 Å². The van der Waals surface area contributed by atoms with Crippen molar-refractivity contribution in [3.8, 4) is 0 Å². The van der Waals surface area contributed by atoms with Gasteiger partial charge in [-0.05, 0) is 28.8 Å². The van der Waals surface area contributed by atoms with Crippen molar-refractivity contribution < 1.29 is 8.42 Å². The Morgan fingerprint density at radius 2 is 1.40 bits per heavy atom. The monoisotopic (exact) mass is 457 g/mol. The Bertz CT molecular complexity index is 1140. The van der Waals surface area contributed by atoms with E-state index in [2.05, 4.69) is 29.2 Å². The van der Waals surface area contributed by atoms with E-state index in [9.17, 15) is 8.42 Å². The van der Waals surface area contributed by atoms with E-state index in [4.69, 9.17) is 23.2 Å². The van der Waals surface area contributed by atoms with Gasteiger partial charge in [0.15, 0.2) is 9.84 Å². The van der Waals surface area contributed by atoms with Crippen molar-refractivity contribution in [2.75, 3.05) is 19.3 Å². The summed E-state index contributed by atoms with van der Waals surface area (Å²) in [6, 6.07) is 25.5. The zero-order chi connectivity index (χ0) is 21.3. The SMILES string of the molecule is CS(=O)(=O)C(=C1CN(C(c2ccccc2)c2ccccc2)C1)c1ccc(Cl)cc1Cl. The highest BCUT2D eigenvalue weighted by Crippen LogP contribution is 2.39. The highest BCUT2D eigenvalue weighted by molar-refractivity contribution is 8.00. The number of halogens is 2. The van der Waals surface area contributed by atoms with Crippen LogP contribution < -0.4 is 0 Å². The molecule has 0 saturated carbocycles. The summed E-state index contributed by atoms with van der Waals surface area (Å²) in [7, 11) is -3.47. The molecule has 1 aliphatic heterocycles. The van der Waals surface area contributed by atoms with Gasteiger partial charge in [0.25, 0.3) is 0 Å². The molecule has 0 spiro atoms. The number of hydrogen-bond acceptors (Lipinski definition) is 3. The molecule has 0 aliphatic carbocycles. The Balaban J connectivity index is 1.73. The summed E-state index contributed by atoms with van der Waals surface area (Å²) >= 11 is 12.4. The van der Waals surface area contributed by atoms with Crippen molar-refractivity contribution in [3.63, 3.8) is 0 Å². The quantitative estimate of drug-likeness (QED) is 0.481. The van der Waals surface area contributed by atoms with E-state index in [0.29, 0.717) is 33.6 Å². The molecular formula is C24H21Cl2NO2S. The minimum Gasteiger partial charge on any atom is -0.284 e. The van der Waals surface area contributed by atoms with E-state index in [1.807, 2.05) is 36.4 Å². The molecule has 1 fully saturated rings. The maximum absolute atomic E-state index is 12.7. The van der Waals surface area contributed by atoms with Crippen LogP contribution in [0.3, 0.4) is 0 Å². The van der Waals surface area contributed by atoms with Crippen LogP contribution in [0.25, 0.3) is 4.91 Å². The third-order valence-corrected chi connectivity index (χ3v) is 7.05. The van der Waals surface area contributed by atoms with Gasteiger partial charge in [-0.3, -0.25) is 4.90 Å². The molecule has 6 heteroatoms. The molecule has 1 heterocycles. The van der Waals surface area contributed by atoms with Gasteiger partial charge in [0.1, 0.15) is 0 Å². The molecular weight excluding hydrogens is 437 g/mol. The number of sulfone groups is 1. The minimum absolute atomic E-state index is 0.0534. The van der Waals surface area contributed by atoms with Crippen molar-refractivity contribution in [2.24, 2.45) is 0 Å². The first-order chi connectivity index (χ1) is 14.3. The predicted molar refractivity (Wildman–Crippen MR) is 125 cm³/mol. The second-order valence-corrected chi connectivity index (χ2v) is 10.3. The molecule has 0 N–H and O–H groups in total. The lowest BCUT2D eigenvalue weighted by molar-refractivity contribution is 0.203. The van der Waals surface area contributed by atoms with Crippen molar-refractivity contribution in [1.82, 2.24) is 4.90 Å². The van der Waals surface area contributed by atoms with Crippen LogP contribution in [0.2, 0.25) is 10.0 Å². The molecule has 1 aliphatic rings. The van der Waals surface area contributed by atoms with E-state index >= 15 is 0 Å². The van der Waals surface area contributed by atoms with Crippen LogP contribution in [0.15, 0.2) is 84.4 Å². The summed E-state index contributed by atoms with van der Waals surface area (Å²) in [5, 5.41) is 0.821. The van der Waals surface area contributed by atoms with Crippen LogP contribution in [0.5, 0.6) is 0 Å².